The van der Waals surface area contributed by atoms with Gasteiger partial charge in [0.25, 0.3) is 5.91 Å². The van der Waals surface area contributed by atoms with Gasteiger partial charge in [-0.3, -0.25) is 4.79 Å². The number of carbonyl (C=O) groups is 1. The second kappa shape index (κ2) is 7.11. The van der Waals surface area contributed by atoms with E-state index in [0.717, 1.165) is 53.0 Å². The van der Waals surface area contributed by atoms with Gasteiger partial charge >= 0.3 is 0 Å². The number of aromatic nitrogens is 1. The summed E-state index contributed by atoms with van der Waals surface area (Å²) in [5, 5.41) is 3.35. The summed E-state index contributed by atoms with van der Waals surface area (Å²) in [5.41, 5.74) is 3.92. The number of nitrogens with zero attached hydrogens (tertiary/aromatic N) is 2. The molecule has 1 saturated heterocycles. The lowest BCUT2D eigenvalue weighted by Gasteiger charge is -2.31. The fourth-order valence-corrected chi connectivity index (χ4v) is 3.99. The van der Waals surface area contributed by atoms with E-state index in [4.69, 9.17) is 0 Å². The van der Waals surface area contributed by atoms with Gasteiger partial charge in [-0.25, -0.2) is 0 Å². The van der Waals surface area contributed by atoms with Crippen LogP contribution in [0.5, 0.6) is 0 Å². The standard InChI is InChI=1S/C19H24BrN3O/c1-13-12-16(19(24)22(3)15-8-10-21-11-9-15)14(2)23(13)18-7-5-4-6-17(18)20/h4-7,12,15,21H,8-11H2,1-3H3. The van der Waals surface area contributed by atoms with Gasteiger partial charge in [-0.1, -0.05) is 12.1 Å². The van der Waals surface area contributed by atoms with Crippen molar-refractivity contribution in [3.63, 3.8) is 0 Å². The molecule has 128 valence electrons. The van der Waals surface area contributed by atoms with Gasteiger partial charge in [-0.15, -0.1) is 0 Å². The van der Waals surface area contributed by atoms with E-state index in [1.54, 1.807) is 0 Å². The first-order valence-electron chi connectivity index (χ1n) is 8.42. The predicted molar refractivity (Wildman–Crippen MR) is 101 cm³/mol. The number of halogens is 1. The molecule has 0 bridgehead atoms. The van der Waals surface area contributed by atoms with Crippen LogP contribution in [0.4, 0.5) is 0 Å². The molecule has 2 aromatic rings. The van der Waals surface area contributed by atoms with Gasteiger partial charge in [-0.2, -0.15) is 0 Å². The van der Waals surface area contributed by atoms with Gasteiger partial charge < -0.3 is 14.8 Å². The predicted octanol–water partition coefficient (Wildman–Crippen LogP) is 3.68. The van der Waals surface area contributed by atoms with Crippen LogP contribution in [0, 0.1) is 13.8 Å². The highest BCUT2D eigenvalue weighted by Crippen LogP contribution is 2.27. The number of rotatable bonds is 3. The van der Waals surface area contributed by atoms with Crippen molar-refractivity contribution < 1.29 is 4.79 Å². The topological polar surface area (TPSA) is 37.3 Å². The first-order chi connectivity index (χ1) is 11.5. The molecule has 24 heavy (non-hydrogen) atoms. The van der Waals surface area contributed by atoms with Gasteiger partial charge in [-0.05, 0) is 73.9 Å². The van der Waals surface area contributed by atoms with Crippen LogP contribution in [-0.2, 0) is 0 Å². The molecule has 1 amide bonds. The van der Waals surface area contributed by atoms with E-state index in [0.29, 0.717) is 6.04 Å². The van der Waals surface area contributed by atoms with Crippen LogP contribution < -0.4 is 5.32 Å². The molecule has 2 heterocycles. The largest absolute Gasteiger partial charge is 0.339 e. The molecular formula is C19H24BrN3O. The Kier molecular flexibility index (Phi) is 5.11. The molecule has 4 nitrogen and oxygen atoms in total. The van der Waals surface area contributed by atoms with E-state index >= 15 is 0 Å². The van der Waals surface area contributed by atoms with Crippen molar-refractivity contribution in [1.29, 1.82) is 0 Å². The van der Waals surface area contributed by atoms with Gasteiger partial charge in [0.1, 0.15) is 0 Å². The number of piperidine rings is 1. The molecule has 1 aromatic carbocycles. The molecule has 1 aliphatic rings. The zero-order valence-electron chi connectivity index (χ0n) is 14.5. The minimum absolute atomic E-state index is 0.119. The average Bonchev–Trinajstić information content (AvgIpc) is 2.89. The molecule has 5 heteroatoms. The molecule has 1 aliphatic heterocycles. The first-order valence-corrected chi connectivity index (χ1v) is 9.21. The molecule has 0 radical (unpaired) electrons. The molecule has 0 atom stereocenters. The Morgan fingerprint density at radius 2 is 1.92 bits per heavy atom. The third-order valence-electron chi connectivity index (χ3n) is 4.93. The van der Waals surface area contributed by atoms with Crippen molar-refractivity contribution in [2.45, 2.75) is 32.7 Å². The summed E-state index contributed by atoms with van der Waals surface area (Å²) in [6.07, 6.45) is 2.04. The number of amides is 1. The number of hydrogen-bond donors (Lipinski definition) is 1. The Labute approximate surface area is 152 Å². The van der Waals surface area contributed by atoms with Crippen LogP contribution in [0.3, 0.4) is 0 Å². The molecule has 0 spiro atoms. The van der Waals surface area contributed by atoms with Crippen LogP contribution in [-0.4, -0.2) is 41.6 Å². The van der Waals surface area contributed by atoms with Gasteiger partial charge in [0.15, 0.2) is 0 Å². The Bertz CT molecular complexity index is 747. The van der Waals surface area contributed by atoms with Crippen molar-refractivity contribution in [2.75, 3.05) is 20.1 Å². The fraction of sp³-hybridized carbons (Fsp3) is 0.421. The van der Waals surface area contributed by atoms with Gasteiger partial charge in [0, 0.05) is 29.0 Å². The SMILES string of the molecule is Cc1cc(C(=O)N(C)C2CCNCC2)c(C)n1-c1ccccc1Br. The second-order valence-corrected chi connectivity index (χ2v) is 7.32. The zero-order valence-corrected chi connectivity index (χ0v) is 16.1. The van der Waals surface area contributed by atoms with E-state index in [-0.39, 0.29) is 5.91 Å². The van der Waals surface area contributed by atoms with Crippen LogP contribution in [0.2, 0.25) is 0 Å². The summed E-state index contributed by atoms with van der Waals surface area (Å²) < 4.78 is 3.17. The Morgan fingerprint density at radius 1 is 1.25 bits per heavy atom. The highest BCUT2D eigenvalue weighted by molar-refractivity contribution is 9.10. The van der Waals surface area contributed by atoms with Crippen molar-refractivity contribution in [2.24, 2.45) is 0 Å². The maximum atomic E-state index is 13.0. The number of carbonyl (C=O) groups excluding carboxylic acids is 1. The second-order valence-electron chi connectivity index (χ2n) is 6.47. The molecule has 3 rings (SSSR count). The van der Waals surface area contributed by atoms with Crippen LogP contribution >= 0.6 is 15.9 Å². The maximum absolute atomic E-state index is 13.0. The van der Waals surface area contributed by atoms with E-state index in [9.17, 15) is 4.79 Å². The normalized spacial score (nSPS) is 15.5. The minimum Gasteiger partial charge on any atom is -0.339 e. The van der Waals surface area contributed by atoms with Crippen LogP contribution in [0.15, 0.2) is 34.8 Å². The van der Waals surface area contributed by atoms with Crippen molar-refractivity contribution in [1.82, 2.24) is 14.8 Å². The number of aryl methyl sites for hydroxylation is 1. The lowest BCUT2D eigenvalue weighted by atomic mass is 10.0. The number of benzene rings is 1. The average molecular weight is 390 g/mol. The first kappa shape index (κ1) is 17.2. The van der Waals surface area contributed by atoms with E-state index in [1.165, 1.54) is 0 Å². The number of hydrogen-bond acceptors (Lipinski definition) is 2. The van der Waals surface area contributed by atoms with Crippen molar-refractivity contribution >= 4 is 21.8 Å². The van der Waals surface area contributed by atoms with Crippen LogP contribution in [0.25, 0.3) is 5.69 Å². The van der Waals surface area contributed by atoms with Gasteiger partial charge in [0.05, 0.1) is 11.3 Å². The maximum Gasteiger partial charge on any atom is 0.255 e. The van der Waals surface area contributed by atoms with Crippen molar-refractivity contribution in [3.8, 4) is 5.69 Å². The quantitative estimate of drug-likeness (QED) is 0.868. The summed E-state index contributed by atoms with van der Waals surface area (Å²) in [4.78, 5) is 15.0. The Hall–Kier alpha value is -1.59. The number of para-hydroxylation sites is 1. The van der Waals surface area contributed by atoms with E-state index in [2.05, 4.69) is 31.9 Å². The molecule has 0 saturated carbocycles. The highest BCUT2D eigenvalue weighted by Gasteiger charge is 2.26. The summed E-state index contributed by atoms with van der Waals surface area (Å²) >= 11 is 3.62. The van der Waals surface area contributed by atoms with Gasteiger partial charge in [0.2, 0.25) is 0 Å². The molecule has 0 aliphatic carbocycles. The minimum atomic E-state index is 0.119. The zero-order chi connectivity index (χ0) is 17.3. The third-order valence-corrected chi connectivity index (χ3v) is 5.60. The lowest BCUT2D eigenvalue weighted by Crippen LogP contribution is -2.44. The Balaban J connectivity index is 1.94. The molecule has 1 aromatic heterocycles. The monoisotopic (exact) mass is 389 g/mol. The van der Waals surface area contributed by atoms with Crippen molar-refractivity contribution in [3.05, 3.63) is 51.8 Å². The van der Waals surface area contributed by atoms with E-state index in [1.807, 2.05) is 50.1 Å². The summed E-state index contributed by atoms with van der Waals surface area (Å²) in [7, 11) is 1.93. The molecule has 1 fully saturated rings. The molecular weight excluding hydrogens is 366 g/mol. The Morgan fingerprint density at radius 3 is 2.58 bits per heavy atom. The third kappa shape index (κ3) is 3.15. The summed E-state index contributed by atoms with van der Waals surface area (Å²) in [6.45, 7) is 6.04. The fourth-order valence-electron chi connectivity index (χ4n) is 3.53. The van der Waals surface area contributed by atoms with Crippen LogP contribution in [0.1, 0.15) is 34.6 Å². The smallest absolute Gasteiger partial charge is 0.255 e. The molecule has 1 N–H and O–H groups in total. The number of nitrogens with one attached hydrogen (secondary N) is 1. The highest BCUT2D eigenvalue weighted by atomic mass is 79.9. The lowest BCUT2D eigenvalue weighted by molar-refractivity contribution is 0.0702. The van der Waals surface area contributed by atoms with E-state index < -0.39 is 0 Å². The summed E-state index contributed by atoms with van der Waals surface area (Å²) in [5.74, 6) is 0.119. The summed E-state index contributed by atoms with van der Waals surface area (Å²) in [6, 6.07) is 10.4. The molecule has 0 unspecified atom stereocenters.